The van der Waals surface area contributed by atoms with Crippen molar-refractivity contribution in [3.63, 3.8) is 0 Å². The molecule has 4 heteroatoms. The van der Waals surface area contributed by atoms with Gasteiger partial charge < -0.3 is 4.74 Å². The summed E-state index contributed by atoms with van der Waals surface area (Å²) in [5, 5.41) is 3.04. The summed E-state index contributed by atoms with van der Waals surface area (Å²) in [7, 11) is 1.61. The largest absolute Gasteiger partial charge is 0.481 e. The van der Waals surface area contributed by atoms with Crippen LogP contribution in [0.3, 0.4) is 0 Å². The van der Waals surface area contributed by atoms with Gasteiger partial charge in [-0.1, -0.05) is 30.3 Å². The third-order valence-corrected chi connectivity index (χ3v) is 3.66. The van der Waals surface area contributed by atoms with E-state index in [2.05, 4.69) is 27.5 Å². The monoisotopic (exact) mass is 268 g/mol. The number of nitrogens with zero attached hydrogens (tertiary/aromatic N) is 2. The fourth-order valence-electron chi connectivity index (χ4n) is 1.80. The Bertz CT molecular complexity index is 679. The predicted octanol–water partition coefficient (Wildman–Crippen LogP) is 3.88. The topological polar surface area (TPSA) is 35.0 Å². The highest BCUT2D eigenvalue weighted by molar-refractivity contribution is 7.13. The molecule has 1 aromatic carbocycles. The summed E-state index contributed by atoms with van der Waals surface area (Å²) in [6.07, 6.45) is 1.73. The van der Waals surface area contributed by atoms with Crippen LogP contribution >= 0.6 is 11.3 Å². The summed E-state index contributed by atoms with van der Waals surface area (Å²) >= 11 is 1.62. The van der Waals surface area contributed by atoms with Crippen LogP contribution in [-0.2, 0) is 0 Å². The summed E-state index contributed by atoms with van der Waals surface area (Å²) < 4.78 is 5.13. The van der Waals surface area contributed by atoms with Crippen LogP contribution in [0, 0.1) is 0 Å². The lowest BCUT2D eigenvalue weighted by Gasteiger charge is -2.00. The number of hydrogen-bond donors (Lipinski definition) is 0. The van der Waals surface area contributed by atoms with Crippen molar-refractivity contribution in [2.45, 2.75) is 0 Å². The van der Waals surface area contributed by atoms with Crippen LogP contribution in [0.5, 0.6) is 5.88 Å². The van der Waals surface area contributed by atoms with Gasteiger partial charge in [-0.25, -0.2) is 9.97 Å². The number of ether oxygens (including phenoxy) is 1. The standard InChI is InChI=1S/C15H12N2OS/c1-18-14-9-12(7-8-16-14)15-17-13(10-19-15)11-5-3-2-4-6-11/h2-10H,1H3. The summed E-state index contributed by atoms with van der Waals surface area (Å²) in [5.41, 5.74) is 3.15. The molecule has 3 aromatic rings. The van der Waals surface area contributed by atoms with E-state index in [1.165, 1.54) is 0 Å². The number of hydrogen-bond acceptors (Lipinski definition) is 4. The van der Waals surface area contributed by atoms with Gasteiger partial charge in [0.15, 0.2) is 0 Å². The molecule has 3 rings (SSSR count). The van der Waals surface area contributed by atoms with E-state index in [9.17, 15) is 0 Å². The number of thiazole rings is 1. The van der Waals surface area contributed by atoms with Crippen molar-refractivity contribution >= 4 is 11.3 Å². The van der Waals surface area contributed by atoms with Gasteiger partial charge in [-0.3, -0.25) is 0 Å². The lowest BCUT2D eigenvalue weighted by Crippen LogP contribution is -1.87. The molecule has 0 saturated carbocycles. The zero-order valence-electron chi connectivity index (χ0n) is 10.4. The molecular formula is C15H12N2OS. The normalized spacial score (nSPS) is 10.4. The number of benzene rings is 1. The fraction of sp³-hybridized carbons (Fsp3) is 0.0667. The van der Waals surface area contributed by atoms with E-state index in [4.69, 9.17) is 4.74 Å². The van der Waals surface area contributed by atoms with Crippen molar-refractivity contribution in [2.24, 2.45) is 0 Å². The molecule has 94 valence electrons. The van der Waals surface area contributed by atoms with Gasteiger partial charge in [-0.2, -0.15) is 0 Å². The molecule has 0 atom stereocenters. The second-order valence-corrected chi connectivity index (χ2v) is 4.85. The molecule has 0 N–H and O–H groups in total. The summed E-state index contributed by atoms with van der Waals surface area (Å²) in [6, 6.07) is 14.0. The van der Waals surface area contributed by atoms with E-state index >= 15 is 0 Å². The Morgan fingerprint density at radius 3 is 2.68 bits per heavy atom. The van der Waals surface area contributed by atoms with E-state index < -0.39 is 0 Å². The van der Waals surface area contributed by atoms with Crippen molar-refractivity contribution < 1.29 is 4.74 Å². The van der Waals surface area contributed by atoms with Gasteiger partial charge in [0.05, 0.1) is 12.8 Å². The zero-order valence-corrected chi connectivity index (χ0v) is 11.2. The summed E-state index contributed by atoms with van der Waals surface area (Å²) in [4.78, 5) is 8.76. The minimum atomic E-state index is 0.606. The molecule has 0 spiro atoms. The Morgan fingerprint density at radius 2 is 1.89 bits per heavy atom. The SMILES string of the molecule is COc1cc(-c2nc(-c3ccccc3)cs2)ccn1. The maximum atomic E-state index is 5.13. The molecule has 0 aliphatic carbocycles. The van der Waals surface area contributed by atoms with Gasteiger partial charge in [0.2, 0.25) is 5.88 Å². The van der Waals surface area contributed by atoms with Gasteiger partial charge in [0.25, 0.3) is 0 Å². The molecule has 19 heavy (non-hydrogen) atoms. The smallest absolute Gasteiger partial charge is 0.213 e. The number of methoxy groups -OCH3 is 1. The third-order valence-electron chi connectivity index (χ3n) is 2.76. The quantitative estimate of drug-likeness (QED) is 0.723. The minimum absolute atomic E-state index is 0.606. The molecule has 0 aliphatic heterocycles. The number of pyridine rings is 1. The summed E-state index contributed by atoms with van der Waals surface area (Å²) in [6.45, 7) is 0. The van der Waals surface area contributed by atoms with Gasteiger partial charge in [0, 0.05) is 28.8 Å². The van der Waals surface area contributed by atoms with Crippen LogP contribution in [-0.4, -0.2) is 17.1 Å². The zero-order chi connectivity index (χ0) is 13.1. The maximum Gasteiger partial charge on any atom is 0.213 e. The predicted molar refractivity (Wildman–Crippen MR) is 77.3 cm³/mol. The molecule has 0 saturated heterocycles. The second-order valence-electron chi connectivity index (χ2n) is 3.99. The molecule has 2 heterocycles. The Balaban J connectivity index is 1.97. The van der Waals surface area contributed by atoms with Crippen LogP contribution in [0.15, 0.2) is 54.0 Å². The number of aromatic nitrogens is 2. The second kappa shape index (κ2) is 5.20. The maximum absolute atomic E-state index is 5.13. The van der Waals surface area contributed by atoms with Crippen molar-refractivity contribution in [2.75, 3.05) is 7.11 Å². The highest BCUT2D eigenvalue weighted by Gasteiger charge is 2.07. The molecule has 3 nitrogen and oxygen atoms in total. The Kier molecular flexibility index (Phi) is 3.25. The van der Waals surface area contributed by atoms with Crippen molar-refractivity contribution in [3.05, 3.63) is 54.0 Å². The molecule has 0 radical (unpaired) electrons. The molecule has 0 fully saturated rings. The molecule has 0 unspecified atom stereocenters. The molecule has 0 bridgehead atoms. The molecular weight excluding hydrogens is 256 g/mol. The van der Waals surface area contributed by atoms with Crippen LogP contribution < -0.4 is 4.74 Å². The van der Waals surface area contributed by atoms with Crippen molar-refractivity contribution in [1.82, 2.24) is 9.97 Å². The lowest BCUT2D eigenvalue weighted by atomic mass is 10.2. The van der Waals surface area contributed by atoms with Gasteiger partial charge in [-0.05, 0) is 6.07 Å². The van der Waals surface area contributed by atoms with E-state index in [1.54, 1.807) is 24.6 Å². The van der Waals surface area contributed by atoms with E-state index in [0.717, 1.165) is 21.8 Å². The Hall–Kier alpha value is -2.20. The fourth-order valence-corrected chi connectivity index (χ4v) is 2.63. The first-order valence-corrected chi connectivity index (χ1v) is 6.76. The van der Waals surface area contributed by atoms with E-state index in [-0.39, 0.29) is 0 Å². The average molecular weight is 268 g/mol. The van der Waals surface area contributed by atoms with Crippen LogP contribution in [0.1, 0.15) is 0 Å². The highest BCUT2D eigenvalue weighted by atomic mass is 32.1. The van der Waals surface area contributed by atoms with Gasteiger partial charge in [0.1, 0.15) is 5.01 Å². The minimum Gasteiger partial charge on any atom is -0.481 e. The molecule has 0 amide bonds. The van der Waals surface area contributed by atoms with Crippen molar-refractivity contribution in [3.8, 4) is 27.7 Å². The number of rotatable bonds is 3. The van der Waals surface area contributed by atoms with Crippen LogP contribution in [0.25, 0.3) is 21.8 Å². The highest BCUT2D eigenvalue weighted by Crippen LogP contribution is 2.29. The first-order chi connectivity index (χ1) is 9.36. The first kappa shape index (κ1) is 11.9. The Labute approximate surface area is 115 Å². The van der Waals surface area contributed by atoms with Crippen molar-refractivity contribution in [1.29, 1.82) is 0 Å². The van der Waals surface area contributed by atoms with Gasteiger partial charge >= 0.3 is 0 Å². The molecule has 0 aliphatic rings. The lowest BCUT2D eigenvalue weighted by molar-refractivity contribution is 0.398. The summed E-state index contributed by atoms with van der Waals surface area (Å²) in [5.74, 6) is 0.606. The molecule has 2 aromatic heterocycles. The Morgan fingerprint density at radius 1 is 1.05 bits per heavy atom. The first-order valence-electron chi connectivity index (χ1n) is 5.88. The van der Waals surface area contributed by atoms with Crippen LogP contribution in [0.4, 0.5) is 0 Å². The van der Waals surface area contributed by atoms with Crippen LogP contribution in [0.2, 0.25) is 0 Å². The van der Waals surface area contributed by atoms with E-state index in [1.807, 2.05) is 30.3 Å². The third kappa shape index (κ3) is 2.48. The van der Waals surface area contributed by atoms with E-state index in [0.29, 0.717) is 5.88 Å². The van der Waals surface area contributed by atoms with Gasteiger partial charge in [-0.15, -0.1) is 11.3 Å². The average Bonchev–Trinajstić information content (AvgIpc) is 2.98.